The van der Waals surface area contributed by atoms with Crippen molar-refractivity contribution in [1.82, 2.24) is 0 Å². The van der Waals surface area contributed by atoms with E-state index in [9.17, 15) is 19.1 Å². The van der Waals surface area contributed by atoms with E-state index in [1.54, 1.807) is 0 Å². The number of carbonyl (C=O) groups excluding carboxylic acids is 2. The maximum atomic E-state index is 13.7. The van der Waals surface area contributed by atoms with Crippen molar-refractivity contribution in [2.24, 2.45) is 0 Å². The summed E-state index contributed by atoms with van der Waals surface area (Å²) in [7, 11) is 0. The highest BCUT2D eigenvalue weighted by Crippen LogP contribution is 2.35. The zero-order valence-corrected chi connectivity index (χ0v) is 12.5. The Labute approximate surface area is 136 Å². The van der Waals surface area contributed by atoms with E-state index in [-0.39, 0.29) is 22.6 Å². The Bertz CT molecular complexity index is 806. The van der Waals surface area contributed by atoms with E-state index in [1.165, 1.54) is 30.3 Å². The Balaban J connectivity index is 1.97. The van der Waals surface area contributed by atoms with Crippen molar-refractivity contribution >= 4 is 17.6 Å². The van der Waals surface area contributed by atoms with E-state index >= 15 is 0 Å². The Morgan fingerprint density at radius 2 is 1.71 bits per heavy atom. The zero-order chi connectivity index (χ0) is 17.1. The minimum atomic E-state index is -1.49. The topological polar surface area (TPSA) is 87.7 Å². The highest BCUT2D eigenvalue weighted by atomic mass is 19.1. The van der Waals surface area contributed by atoms with Crippen molar-refractivity contribution in [3.8, 4) is 11.5 Å². The molecule has 7 heteroatoms. The lowest BCUT2D eigenvalue weighted by molar-refractivity contribution is -0.254. The predicted octanol–water partition coefficient (Wildman–Crippen LogP) is 1.60. The van der Waals surface area contributed by atoms with Gasteiger partial charge in [0, 0.05) is 18.1 Å². The van der Waals surface area contributed by atoms with Crippen LogP contribution in [0.5, 0.6) is 11.5 Å². The number of amides is 1. The van der Waals surface area contributed by atoms with Gasteiger partial charge in [0.25, 0.3) is 5.91 Å². The van der Waals surface area contributed by atoms with Gasteiger partial charge in [-0.3, -0.25) is 4.79 Å². The Kier molecular flexibility index (Phi) is 4.33. The average Bonchev–Trinajstić information content (AvgIpc) is 2.79. The summed E-state index contributed by atoms with van der Waals surface area (Å²) in [5, 5.41) is 13.7. The first-order valence-electron chi connectivity index (χ1n) is 7.27. The standard InChI is InChI=1S/C17H14FNO5/c18-12-5-2-1-4-10(12)16(20)19-13-9-15-14(8-11(13)17(21)22)23-6-3-7-24-15/h1-2,4-5,8-9H,3,6-7H2,(H,19,20)(H,21,22)/p-1. The molecule has 0 unspecified atom stereocenters. The molecule has 1 aliphatic heterocycles. The molecule has 0 bridgehead atoms. The van der Waals surface area contributed by atoms with Gasteiger partial charge in [0.1, 0.15) is 5.82 Å². The van der Waals surface area contributed by atoms with Crippen LogP contribution >= 0.6 is 0 Å². The van der Waals surface area contributed by atoms with Crippen LogP contribution in [0.2, 0.25) is 0 Å². The molecule has 1 aliphatic rings. The van der Waals surface area contributed by atoms with Gasteiger partial charge in [-0.15, -0.1) is 0 Å². The second-order valence-corrected chi connectivity index (χ2v) is 5.12. The third-order valence-electron chi connectivity index (χ3n) is 3.47. The summed E-state index contributed by atoms with van der Waals surface area (Å²) in [4.78, 5) is 23.6. The van der Waals surface area contributed by atoms with Gasteiger partial charge in [-0.05, 0) is 18.2 Å². The number of hydrogen-bond donors (Lipinski definition) is 1. The number of nitrogens with one attached hydrogen (secondary N) is 1. The summed E-state index contributed by atoms with van der Waals surface area (Å²) in [6.45, 7) is 0.790. The lowest BCUT2D eigenvalue weighted by Gasteiger charge is -2.16. The Morgan fingerprint density at radius 1 is 1.04 bits per heavy atom. The maximum absolute atomic E-state index is 13.7. The zero-order valence-electron chi connectivity index (χ0n) is 12.5. The normalized spacial score (nSPS) is 13.0. The number of halogens is 1. The van der Waals surface area contributed by atoms with Crippen LogP contribution < -0.4 is 19.9 Å². The van der Waals surface area contributed by atoms with Crippen LogP contribution in [0.4, 0.5) is 10.1 Å². The van der Waals surface area contributed by atoms with E-state index in [4.69, 9.17) is 9.47 Å². The molecule has 2 aromatic carbocycles. The summed E-state index contributed by atoms with van der Waals surface area (Å²) >= 11 is 0. The van der Waals surface area contributed by atoms with Crippen LogP contribution in [-0.4, -0.2) is 25.1 Å². The lowest BCUT2D eigenvalue weighted by Crippen LogP contribution is -2.25. The summed E-state index contributed by atoms with van der Waals surface area (Å²) in [5.74, 6) is -2.41. The Hall–Kier alpha value is -3.09. The molecular weight excluding hydrogens is 317 g/mol. The van der Waals surface area contributed by atoms with Crippen molar-refractivity contribution in [3.63, 3.8) is 0 Å². The Morgan fingerprint density at radius 3 is 2.38 bits per heavy atom. The van der Waals surface area contributed by atoms with Gasteiger partial charge in [-0.1, -0.05) is 12.1 Å². The number of hydrogen-bond acceptors (Lipinski definition) is 5. The molecule has 0 atom stereocenters. The summed E-state index contributed by atoms with van der Waals surface area (Å²) < 4.78 is 24.6. The molecule has 1 N–H and O–H groups in total. The van der Waals surface area contributed by atoms with Gasteiger partial charge >= 0.3 is 0 Å². The van der Waals surface area contributed by atoms with Crippen LogP contribution in [0, 0.1) is 5.82 Å². The number of fused-ring (bicyclic) bond motifs is 1. The van der Waals surface area contributed by atoms with Crippen molar-refractivity contribution in [3.05, 3.63) is 53.3 Å². The van der Waals surface area contributed by atoms with Crippen LogP contribution in [-0.2, 0) is 0 Å². The second-order valence-electron chi connectivity index (χ2n) is 5.12. The quantitative estimate of drug-likeness (QED) is 0.923. The van der Waals surface area contributed by atoms with Crippen LogP contribution in [0.1, 0.15) is 27.1 Å². The largest absolute Gasteiger partial charge is 0.545 e. The molecule has 6 nitrogen and oxygen atoms in total. The molecule has 24 heavy (non-hydrogen) atoms. The van der Waals surface area contributed by atoms with E-state index in [0.29, 0.717) is 25.4 Å². The van der Waals surface area contributed by atoms with Gasteiger partial charge < -0.3 is 24.7 Å². The minimum absolute atomic E-state index is 0.0486. The fourth-order valence-electron chi connectivity index (χ4n) is 2.32. The van der Waals surface area contributed by atoms with E-state index in [1.807, 2.05) is 0 Å². The molecule has 0 saturated heterocycles. The van der Waals surface area contributed by atoms with E-state index in [2.05, 4.69) is 5.32 Å². The highest BCUT2D eigenvalue weighted by Gasteiger charge is 2.18. The minimum Gasteiger partial charge on any atom is -0.545 e. The molecule has 2 aromatic rings. The summed E-state index contributed by atoms with van der Waals surface area (Å²) in [6, 6.07) is 7.96. The van der Waals surface area contributed by atoms with E-state index < -0.39 is 17.7 Å². The first kappa shape index (κ1) is 15.8. The van der Waals surface area contributed by atoms with Crippen LogP contribution in [0.15, 0.2) is 36.4 Å². The SMILES string of the molecule is O=C(Nc1cc2c(cc1C(=O)[O-])OCCCO2)c1ccccc1F. The smallest absolute Gasteiger partial charge is 0.258 e. The van der Waals surface area contributed by atoms with Gasteiger partial charge in [-0.2, -0.15) is 0 Å². The number of benzene rings is 2. The summed E-state index contributed by atoms with van der Waals surface area (Å²) in [5.41, 5.74) is -0.523. The molecule has 0 radical (unpaired) electrons. The number of rotatable bonds is 3. The van der Waals surface area contributed by atoms with Gasteiger partial charge in [0.15, 0.2) is 11.5 Å². The molecule has 124 valence electrons. The van der Waals surface area contributed by atoms with Gasteiger partial charge in [0.2, 0.25) is 0 Å². The number of carbonyl (C=O) groups is 2. The van der Waals surface area contributed by atoms with Crippen molar-refractivity contribution in [2.75, 3.05) is 18.5 Å². The second kappa shape index (κ2) is 6.57. The van der Waals surface area contributed by atoms with Crippen molar-refractivity contribution in [1.29, 1.82) is 0 Å². The lowest BCUT2D eigenvalue weighted by atomic mass is 10.1. The third-order valence-corrected chi connectivity index (χ3v) is 3.47. The molecular formula is C17H13FNO5-. The molecule has 1 amide bonds. The third kappa shape index (κ3) is 3.15. The fourth-order valence-corrected chi connectivity index (χ4v) is 2.32. The number of ether oxygens (including phenoxy) is 2. The number of anilines is 1. The monoisotopic (exact) mass is 330 g/mol. The fraction of sp³-hybridized carbons (Fsp3) is 0.176. The average molecular weight is 330 g/mol. The van der Waals surface area contributed by atoms with Crippen molar-refractivity contribution < 1.29 is 28.6 Å². The van der Waals surface area contributed by atoms with Crippen LogP contribution in [0.25, 0.3) is 0 Å². The summed E-state index contributed by atoms with van der Waals surface area (Å²) in [6.07, 6.45) is 0.645. The first-order chi connectivity index (χ1) is 11.6. The molecule has 3 rings (SSSR count). The molecule has 0 fully saturated rings. The van der Waals surface area contributed by atoms with Gasteiger partial charge in [-0.25, -0.2) is 4.39 Å². The molecule has 0 aliphatic carbocycles. The van der Waals surface area contributed by atoms with Gasteiger partial charge in [0.05, 0.1) is 30.4 Å². The number of aromatic carboxylic acids is 1. The number of carboxylic acids is 1. The van der Waals surface area contributed by atoms with Crippen LogP contribution in [0.3, 0.4) is 0 Å². The molecule has 0 saturated carbocycles. The first-order valence-corrected chi connectivity index (χ1v) is 7.27. The molecule has 1 heterocycles. The molecule has 0 aromatic heterocycles. The maximum Gasteiger partial charge on any atom is 0.258 e. The van der Waals surface area contributed by atoms with E-state index in [0.717, 1.165) is 6.07 Å². The number of carboxylic acid groups (broad SMARTS) is 1. The molecule has 0 spiro atoms. The van der Waals surface area contributed by atoms with Crippen molar-refractivity contribution in [2.45, 2.75) is 6.42 Å². The predicted molar refractivity (Wildman–Crippen MR) is 80.7 cm³/mol. The highest BCUT2D eigenvalue weighted by molar-refractivity contribution is 6.08.